The van der Waals surface area contributed by atoms with E-state index in [2.05, 4.69) is 57.9 Å². The maximum Gasteiger partial charge on any atom is 0.118 e. The van der Waals surface area contributed by atoms with Crippen molar-refractivity contribution in [2.45, 2.75) is 53.2 Å². The molecular weight excluding hydrogens is 224 g/mol. The Morgan fingerprint density at radius 2 is 2.00 bits per heavy atom. The van der Waals surface area contributed by atoms with E-state index in [4.69, 9.17) is 4.42 Å². The Bertz CT molecular complexity index is 350. The number of nitrogens with one attached hydrogen (secondary N) is 1. The molecule has 1 aromatic heterocycles. The molecular formula is C15H28N2O. The van der Waals surface area contributed by atoms with E-state index in [1.807, 2.05) is 6.26 Å². The van der Waals surface area contributed by atoms with Crippen molar-refractivity contribution in [2.75, 3.05) is 13.6 Å². The highest BCUT2D eigenvalue weighted by Crippen LogP contribution is 2.12. The molecule has 0 fully saturated rings. The summed E-state index contributed by atoms with van der Waals surface area (Å²) in [5.74, 6) is 1.73. The van der Waals surface area contributed by atoms with E-state index in [0.717, 1.165) is 25.4 Å². The molecule has 1 heterocycles. The Kier molecular flexibility index (Phi) is 5.42. The van der Waals surface area contributed by atoms with Gasteiger partial charge in [-0.3, -0.25) is 4.90 Å². The Morgan fingerprint density at radius 3 is 2.56 bits per heavy atom. The summed E-state index contributed by atoms with van der Waals surface area (Å²) in [5.41, 5.74) is 1.36. The molecule has 0 saturated carbocycles. The minimum atomic E-state index is 0.145. The van der Waals surface area contributed by atoms with Gasteiger partial charge in [0.1, 0.15) is 5.76 Å². The van der Waals surface area contributed by atoms with Crippen molar-refractivity contribution in [2.24, 2.45) is 5.92 Å². The van der Waals surface area contributed by atoms with Crippen LogP contribution in [0.3, 0.4) is 0 Å². The van der Waals surface area contributed by atoms with Crippen LogP contribution in [0.25, 0.3) is 0 Å². The first kappa shape index (κ1) is 15.3. The quantitative estimate of drug-likeness (QED) is 0.842. The third-order valence-corrected chi connectivity index (χ3v) is 2.63. The van der Waals surface area contributed by atoms with Crippen molar-refractivity contribution in [1.82, 2.24) is 10.2 Å². The molecule has 0 bridgehead atoms. The number of hydrogen-bond acceptors (Lipinski definition) is 3. The van der Waals surface area contributed by atoms with Crippen molar-refractivity contribution in [3.8, 4) is 0 Å². The Morgan fingerprint density at radius 1 is 1.33 bits per heavy atom. The van der Waals surface area contributed by atoms with Crippen molar-refractivity contribution in [1.29, 1.82) is 0 Å². The van der Waals surface area contributed by atoms with Crippen molar-refractivity contribution in [3.05, 3.63) is 23.7 Å². The average Bonchev–Trinajstić information content (AvgIpc) is 2.60. The van der Waals surface area contributed by atoms with E-state index in [1.54, 1.807) is 0 Å². The Labute approximate surface area is 112 Å². The van der Waals surface area contributed by atoms with Gasteiger partial charge in [0.15, 0.2) is 0 Å². The third kappa shape index (κ3) is 6.22. The highest BCUT2D eigenvalue weighted by Gasteiger charge is 2.11. The zero-order valence-corrected chi connectivity index (χ0v) is 12.7. The second-order valence-electron chi connectivity index (χ2n) is 6.62. The summed E-state index contributed by atoms with van der Waals surface area (Å²) >= 11 is 0. The second kappa shape index (κ2) is 6.39. The van der Waals surface area contributed by atoms with Gasteiger partial charge < -0.3 is 9.73 Å². The maximum atomic E-state index is 5.60. The second-order valence-corrected chi connectivity index (χ2v) is 6.62. The van der Waals surface area contributed by atoms with E-state index in [9.17, 15) is 0 Å². The number of rotatable bonds is 6. The van der Waals surface area contributed by atoms with Crippen LogP contribution < -0.4 is 5.32 Å². The molecule has 0 radical (unpaired) electrons. The summed E-state index contributed by atoms with van der Waals surface area (Å²) in [6.45, 7) is 13.8. The van der Waals surface area contributed by atoms with Gasteiger partial charge in [0.2, 0.25) is 0 Å². The van der Waals surface area contributed by atoms with Crippen molar-refractivity contribution < 1.29 is 4.42 Å². The van der Waals surface area contributed by atoms with Gasteiger partial charge in [-0.25, -0.2) is 0 Å². The molecule has 0 unspecified atom stereocenters. The largest absolute Gasteiger partial charge is 0.468 e. The number of nitrogens with zero attached hydrogens (tertiary/aromatic N) is 1. The van der Waals surface area contributed by atoms with Crippen LogP contribution in [0.4, 0.5) is 0 Å². The molecule has 3 nitrogen and oxygen atoms in total. The standard InChI is InChI=1S/C15H28N2O/c1-12(2)9-17(6)10-14-7-13(11-18-14)8-16-15(3,4)5/h7,11-12,16H,8-10H2,1-6H3. The van der Waals surface area contributed by atoms with Crippen LogP contribution in [0.2, 0.25) is 0 Å². The zero-order valence-electron chi connectivity index (χ0n) is 12.7. The van der Waals surface area contributed by atoms with Gasteiger partial charge >= 0.3 is 0 Å². The van der Waals surface area contributed by atoms with Crippen LogP contribution in [-0.2, 0) is 13.1 Å². The molecule has 0 aliphatic carbocycles. The summed E-state index contributed by atoms with van der Waals surface area (Å²) in [7, 11) is 2.13. The minimum absolute atomic E-state index is 0.145. The molecule has 1 aromatic rings. The lowest BCUT2D eigenvalue weighted by Gasteiger charge is -2.19. The smallest absolute Gasteiger partial charge is 0.118 e. The predicted molar refractivity (Wildman–Crippen MR) is 76.5 cm³/mol. The van der Waals surface area contributed by atoms with Gasteiger partial charge in [-0.15, -0.1) is 0 Å². The Hall–Kier alpha value is -0.800. The predicted octanol–water partition coefficient (Wildman–Crippen LogP) is 3.26. The van der Waals surface area contributed by atoms with Crippen LogP contribution in [0, 0.1) is 5.92 Å². The molecule has 0 amide bonds. The molecule has 0 aromatic carbocycles. The SMILES string of the molecule is CC(C)CN(C)Cc1cc(CNC(C)(C)C)co1. The number of hydrogen-bond donors (Lipinski definition) is 1. The van der Waals surface area contributed by atoms with Gasteiger partial charge in [0.25, 0.3) is 0 Å². The van der Waals surface area contributed by atoms with E-state index < -0.39 is 0 Å². The molecule has 0 saturated heterocycles. The fourth-order valence-electron chi connectivity index (χ4n) is 1.92. The van der Waals surface area contributed by atoms with Crippen LogP contribution in [-0.4, -0.2) is 24.0 Å². The molecule has 104 valence electrons. The summed E-state index contributed by atoms with van der Waals surface area (Å²) in [6.07, 6.45) is 1.86. The lowest BCUT2D eigenvalue weighted by Crippen LogP contribution is -2.34. The van der Waals surface area contributed by atoms with Crippen LogP contribution >= 0.6 is 0 Å². The average molecular weight is 252 g/mol. The highest BCUT2D eigenvalue weighted by atomic mass is 16.3. The molecule has 0 aliphatic rings. The van der Waals surface area contributed by atoms with Gasteiger partial charge in [-0.05, 0) is 39.8 Å². The summed E-state index contributed by atoms with van der Waals surface area (Å²) in [5, 5.41) is 3.46. The van der Waals surface area contributed by atoms with Crippen molar-refractivity contribution >= 4 is 0 Å². The highest BCUT2D eigenvalue weighted by molar-refractivity contribution is 5.12. The van der Waals surface area contributed by atoms with E-state index in [1.165, 1.54) is 5.56 Å². The zero-order chi connectivity index (χ0) is 13.8. The Balaban J connectivity index is 2.43. The fourth-order valence-corrected chi connectivity index (χ4v) is 1.92. The van der Waals surface area contributed by atoms with E-state index >= 15 is 0 Å². The topological polar surface area (TPSA) is 28.4 Å². The molecule has 18 heavy (non-hydrogen) atoms. The fraction of sp³-hybridized carbons (Fsp3) is 0.733. The lowest BCUT2D eigenvalue weighted by atomic mass is 10.1. The summed E-state index contributed by atoms with van der Waals surface area (Å²) in [6, 6.07) is 2.15. The molecule has 0 spiro atoms. The van der Waals surface area contributed by atoms with Crippen LogP contribution in [0.15, 0.2) is 16.7 Å². The monoisotopic (exact) mass is 252 g/mol. The lowest BCUT2D eigenvalue weighted by molar-refractivity contribution is 0.265. The first-order valence-electron chi connectivity index (χ1n) is 6.76. The normalized spacial score (nSPS) is 12.7. The van der Waals surface area contributed by atoms with Gasteiger partial charge in [-0.1, -0.05) is 13.8 Å². The first-order chi connectivity index (χ1) is 8.26. The molecule has 3 heteroatoms. The molecule has 1 rings (SSSR count). The third-order valence-electron chi connectivity index (χ3n) is 2.63. The van der Waals surface area contributed by atoms with E-state index in [-0.39, 0.29) is 5.54 Å². The molecule has 0 atom stereocenters. The molecule has 1 N–H and O–H groups in total. The summed E-state index contributed by atoms with van der Waals surface area (Å²) < 4.78 is 5.60. The van der Waals surface area contributed by atoms with Crippen LogP contribution in [0.1, 0.15) is 45.9 Å². The van der Waals surface area contributed by atoms with Gasteiger partial charge in [0, 0.05) is 24.2 Å². The summed E-state index contributed by atoms with van der Waals surface area (Å²) in [4.78, 5) is 2.30. The number of furan rings is 1. The van der Waals surface area contributed by atoms with E-state index in [0.29, 0.717) is 5.92 Å². The van der Waals surface area contributed by atoms with Gasteiger partial charge in [0.05, 0.1) is 12.8 Å². The maximum absolute atomic E-state index is 5.60. The minimum Gasteiger partial charge on any atom is -0.468 e. The first-order valence-corrected chi connectivity index (χ1v) is 6.76. The van der Waals surface area contributed by atoms with Gasteiger partial charge in [-0.2, -0.15) is 0 Å². The van der Waals surface area contributed by atoms with Crippen molar-refractivity contribution in [3.63, 3.8) is 0 Å². The molecule has 0 aliphatic heterocycles. The van der Waals surface area contributed by atoms with Crippen LogP contribution in [0.5, 0.6) is 0 Å².